The van der Waals surface area contributed by atoms with Crippen molar-refractivity contribution in [1.29, 1.82) is 0 Å². The van der Waals surface area contributed by atoms with Crippen LogP contribution in [0.5, 0.6) is 5.75 Å². The van der Waals surface area contributed by atoms with Crippen LogP contribution in [0.4, 0.5) is 0 Å². The molecule has 0 aliphatic carbocycles. The number of aliphatic imine (C=N–C) groups is 1. The molecule has 0 unspecified atom stereocenters. The minimum absolute atomic E-state index is 0.668. The summed E-state index contributed by atoms with van der Waals surface area (Å²) in [5, 5.41) is 6.41. The number of rotatable bonds is 9. The predicted octanol–water partition coefficient (Wildman–Crippen LogP) is 1.97. The molecule has 0 fully saturated rings. The fourth-order valence-corrected chi connectivity index (χ4v) is 1.69. The lowest BCUT2D eigenvalue weighted by Gasteiger charge is -2.11. The number of nitrogens with zero attached hydrogens (tertiary/aromatic N) is 1. The highest BCUT2D eigenvalue weighted by molar-refractivity contribution is 5.79. The molecule has 0 bridgehead atoms. The SMILES string of the molecule is CCNC(=NCCCOc1ccc(C)cc1)NCCOC. The van der Waals surface area contributed by atoms with Gasteiger partial charge in [-0.15, -0.1) is 0 Å². The Hall–Kier alpha value is -1.75. The Morgan fingerprint density at radius 1 is 1.14 bits per heavy atom. The van der Waals surface area contributed by atoms with Crippen molar-refractivity contribution in [3.63, 3.8) is 0 Å². The first-order chi connectivity index (χ1) is 10.3. The summed E-state index contributed by atoms with van der Waals surface area (Å²) in [6.45, 7) is 7.78. The standard InChI is InChI=1S/C16H27N3O2/c1-4-17-16(19-11-13-20-3)18-10-5-12-21-15-8-6-14(2)7-9-15/h6-9H,4-5,10-13H2,1-3H3,(H2,17,18,19). The third kappa shape index (κ3) is 8.19. The van der Waals surface area contributed by atoms with Crippen LogP contribution in [0.25, 0.3) is 0 Å². The van der Waals surface area contributed by atoms with E-state index in [1.54, 1.807) is 7.11 Å². The normalized spacial score (nSPS) is 11.3. The van der Waals surface area contributed by atoms with E-state index in [9.17, 15) is 0 Å². The molecule has 0 saturated heterocycles. The molecule has 0 heterocycles. The van der Waals surface area contributed by atoms with Crippen molar-refractivity contribution in [2.75, 3.05) is 40.0 Å². The number of methoxy groups -OCH3 is 1. The molecule has 2 N–H and O–H groups in total. The zero-order valence-corrected chi connectivity index (χ0v) is 13.3. The third-order valence-corrected chi connectivity index (χ3v) is 2.80. The summed E-state index contributed by atoms with van der Waals surface area (Å²) >= 11 is 0. The lowest BCUT2D eigenvalue weighted by Crippen LogP contribution is -2.39. The van der Waals surface area contributed by atoms with Crippen molar-refractivity contribution in [3.05, 3.63) is 29.8 Å². The van der Waals surface area contributed by atoms with Gasteiger partial charge in [-0.2, -0.15) is 0 Å². The van der Waals surface area contributed by atoms with E-state index in [4.69, 9.17) is 9.47 Å². The average molecular weight is 293 g/mol. The summed E-state index contributed by atoms with van der Waals surface area (Å²) < 4.78 is 10.7. The summed E-state index contributed by atoms with van der Waals surface area (Å²) in [5.74, 6) is 1.74. The zero-order chi connectivity index (χ0) is 15.3. The van der Waals surface area contributed by atoms with Gasteiger partial charge in [-0.05, 0) is 26.0 Å². The average Bonchev–Trinajstić information content (AvgIpc) is 2.49. The molecule has 0 amide bonds. The Bertz CT molecular complexity index is 404. The molecule has 0 aliphatic heterocycles. The van der Waals surface area contributed by atoms with E-state index in [-0.39, 0.29) is 0 Å². The monoisotopic (exact) mass is 293 g/mol. The van der Waals surface area contributed by atoms with E-state index in [1.165, 1.54) is 5.56 Å². The van der Waals surface area contributed by atoms with E-state index in [0.29, 0.717) is 13.2 Å². The molecule has 5 nitrogen and oxygen atoms in total. The summed E-state index contributed by atoms with van der Waals surface area (Å²) in [6.07, 6.45) is 0.884. The summed E-state index contributed by atoms with van der Waals surface area (Å²) in [6, 6.07) is 8.09. The van der Waals surface area contributed by atoms with Gasteiger partial charge < -0.3 is 20.1 Å². The number of hydrogen-bond acceptors (Lipinski definition) is 3. The van der Waals surface area contributed by atoms with Gasteiger partial charge in [-0.25, -0.2) is 0 Å². The maximum atomic E-state index is 5.67. The van der Waals surface area contributed by atoms with E-state index in [1.807, 2.05) is 19.1 Å². The number of ether oxygens (including phenoxy) is 2. The Morgan fingerprint density at radius 2 is 1.90 bits per heavy atom. The molecule has 0 aliphatic rings. The Labute approximate surface area is 127 Å². The quantitative estimate of drug-likeness (QED) is 0.415. The fraction of sp³-hybridized carbons (Fsp3) is 0.562. The van der Waals surface area contributed by atoms with Gasteiger partial charge in [0.1, 0.15) is 5.75 Å². The molecule has 0 aromatic heterocycles. The first-order valence-electron chi connectivity index (χ1n) is 7.47. The number of aryl methyl sites for hydroxylation is 1. The number of guanidine groups is 1. The van der Waals surface area contributed by atoms with Crippen LogP contribution < -0.4 is 15.4 Å². The largest absolute Gasteiger partial charge is 0.494 e. The summed E-state index contributed by atoms with van der Waals surface area (Å²) in [7, 11) is 1.69. The first-order valence-corrected chi connectivity index (χ1v) is 7.47. The van der Waals surface area contributed by atoms with Gasteiger partial charge in [0.2, 0.25) is 0 Å². The smallest absolute Gasteiger partial charge is 0.191 e. The van der Waals surface area contributed by atoms with Crippen LogP contribution in [-0.2, 0) is 4.74 Å². The predicted molar refractivity (Wildman–Crippen MR) is 87.1 cm³/mol. The van der Waals surface area contributed by atoms with Gasteiger partial charge in [0, 0.05) is 33.2 Å². The lowest BCUT2D eigenvalue weighted by molar-refractivity contribution is 0.203. The van der Waals surface area contributed by atoms with Gasteiger partial charge in [-0.3, -0.25) is 4.99 Å². The molecule has 21 heavy (non-hydrogen) atoms. The topological polar surface area (TPSA) is 54.9 Å². The van der Waals surface area contributed by atoms with Gasteiger partial charge in [-0.1, -0.05) is 17.7 Å². The van der Waals surface area contributed by atoms with Crippen molar-refractivity contribution in [3.8, 4) is 5.75 Å². The Morgan fingerprint density at radius 3 is 2.57 bits per heavy atom. The number of hydrogen-bond donors (Lipinski definition) is 2. The van der Waals surface area contributed by atoms with Crippen molar-refractivity contribution >= 4 is 5.96 Å². The van der Waals surface area contributed by atoms with Crippen LogP contribution >= 0.6 is 0 Å². The summed E-state index contributed by atoms with van der Waals surface area (Å²) in [4.78, 5) is 4.49. The van der Waals surface area contributed by atoms with E-state index >= 15 is 0 Å². The maximum Gasteiger partial charge on any atom is 0.191 e. The van der Waals surface area contributed by atoms with E-state index < -0.39 is 0 Å². The van der Waals surface area contributed by atoms with E-state index in [0.717, 1.165) is 37.8 Å². The molecule has 0 spiro atoms. The minimum atomic E-state index is 0.668. The molecule has 1 rings (SSSR count). The van der Waals surface area contributed by atoms with Crippen molar-refractivity contribution in [1.82, 2.24) is 10.6 Å². The van der Waals surface area contributed by atoms with Crippen LogP contribution in [0.2, 0.25) is 0 Å². The van der Waals surface area contributed by atoms with Crippen molar-refractivity contribution < 1.29 is 9.47 Å². The molecule has 1 aromatic rings. The second-order valence-electron chi connectivity index (χ2n) is 4.70. The van der Waals surface area contributed by atoms with Crippen LogP contribution in [0.15, 0.2) is 29.3 Å². The molecule has 5 heteroatoms. The van der Waals surface area contributed by atoms with Crippen molar-refractivity contribution in [2.24, 2.45) is 4.99 Å². The number of nitrogens with one attached hydrogen (secondary N) is 2. The minimum Gasteiger partial charge on any atom is -0.494 e. The van der Waals surface area contributed by atoms with Crippen LogP contribution in [-0.4, -0.2) is 45.9 Å². The second-order valence-corrected chi connectivity index (χ2v) is 4.70. The molecular weight excluding hydrogens is 266 g/mol. The van der Waals surface area contributed by atoms with E-state index in [2.05, 4.69) is 34.7 Å². The Kier molecular flexibility index (Phi) is 9.04. The van der Waals surface area contributed by atoms with Gasteiger partial charge in [0.25, 0.3) is 0 Å². The highest BCUT2D eigenvalue weighted by Gasteiger charge is 1.96. The second kappa shape index (κ2) is 11.0. The molecule has 1 aromatic carbocycles. The fourth-order valence-electron chi connectivity index (χ4n) is 1.69. The molecule has 0 atom stereocenters. The zero-order valence-electron chi connectivity index (χ0n) is 13.3. The summed E-state index contributed by atoms with van der Waals surface area (Å²) in [5.41, 5.74) is 1.24. The highest BCUT2D eigenvalue weighted by Crippen LogP contribution is 2.11. The van der Waals surface area contributed by atoms with Gasteiger partial charge >= 0.3 is 0 Å². The van der Waals surface area contributed by atoms with Crippen LogP contribution in [0, 0.1) is 6.92 Å². The van der Waals surface area contributed by atoms with Gasteiger partial charge in [0.05, 0.1) is 13.2 Å². The third-order valence-electron chi connectivity index (χ3n) is 2.80. The maximum absolute atomic E-state index is 5.67. The van der Waals surface area contributed by atoms with Crippen LogP contribution in [0.1, 0.15) is 18.9 Å². The first kappa shape index (κ1) is 17.3. The molecule has 0 radical (unpaired) electrons. The highest BCUT2D eigenvalue weighted by atomic mass is 16.5. The Balaban J connectivity index is 2.22. The van der Waals surface area contributed by atoms with Gasteiger partial charge in [0.15, 0.2) is 5.96 Å². The molecule has 0 saturated carbocycles. The number of benzene rings is 1. The lowest BCUT2D eigenvalue weighted by atomic mass is 10.2. The van der Waals surface area contributed by atoms with Crippen molar-refractivity contribution in [2.45, 2.75) is 20.3 Å². The molecule has 118 valence electrons. The van der Waals surface area contributed by atoms with Crippen LogP contribution in [0.3, 0.4) is 0 Å². The molecular formula is C16H27N3O2.